The number of hydrogen-bond acceptors (Lipinski definition) is 5. The lowest BCUT2D eigenvalue weighted by molar-refractivity contribution is 0.467. The number of rotatable bonds is 6. The van der Waals surface area contributed by atoms with E-state index in [-0.39, 0.29) is 6.04 Å². The first-order valence-electron chi connectivity index (χ1n) is 6.59. The topological polar surface area (TPSA) is 68.5 Å². The van der Waals surface area contributed by atoms with Crippen LogP contribution in [0, 0.1) is 0 Å². The maximum absolute atomic E-state index is 4.36. The largest absolute Gasteiger partial charge is 0.310 e. The molecule has 19 heavy (non-hydrogen) atoms. The molecule has 0 aromatic carbocycles. The van der Waals surface area contributed by atoms with Gasteiger partial charge in [0.05, 0.1) is 0 Å². The summed E-state index contributed by atoms with van der Waals surface area (Å²) in [5.41, 5.74) is 1.07. The maximum Gasteiger partial charge on any atom is 0.138 e. The fourth-order valence-corrected chi connectivity index (χ4v) is 2.08. The fourth-order valence-electron chi connectivity index (χ4n) is 2.08. The van der Waals surface area contributed by atoms with E-state index in [2.05, 4.69) is 46.1 Å². The molecule has 102 valence electrons. The van der Waals surface area contributed by atoms with E-state index in [1.54, 1.807) is 12.7 Å². The van der Waals surface area contributed by atoms with Gasteiger partial charge in [-0.3, -0.25) is 0 Å². The molecule has 0 aliphatic heterocycles. The minimum atomic E-state index is 0.160. The van der Waals surface area contributed by atoms with E-state index in [0.717, 1.165) is 24.4 Å². The Morgan fingerprint density at radius 3 is 2.58 bits per heavy atom. The molecule has 0 saturated carbocycles. The van der Waals surface area contributed by atoms with Crippen molar-refractivity contribution in [1.29, 1.82) is 0 Å². The van der Waals surface area contributed by atoms with Gasteiger partial charge in [0.25, 0.3) is 0 Å². The van der Waals surface area contributed by atoms with Crippen LogP contribution in [0.5, 0.6) is 0 Å². The van der Waals surface area contributed by atoms with Gasteiger partial charge in [0.2, 0.25) is 0 Å². The first-order chi connectivity index (χ1) is 9.22. The minimum absolute atomic E-state index is 0.160. The summed E-state index contributed by atoms with van der Waals surface area (Å²) in [5.74, 6) is 0.977. The summed E-state index contributed by atoms with van der Waals surface area (Å²) in [7, 11) is 0. The van der Waals surface area contributed by atoms with E-state index in [9.17, 15) is 0 Å². The zero-order chi connectivity index (χ0) is 13.7. The molecule has 6 heteroatoms. The molecule has 2 aromatic heterocycles. The second kappa shape index (κ2) is 6.38. The first kappa shape index (κ1) is 13.6. The highest BCUT2D eigenvalue weighted by atomic mass is 15.3. The van der Waals surface area contributed by atoms with Crippen LogP contribution in [0.2, 0.25) is 0 Å². The van der Waals surface area contributed by atoms with Crippen LogP contribution in [0.15, 0.2) is 25.0 Å². The number of hydrogen-bond donors (Lipinski definition) is 1. The number of nitrogens with zero attached hydrogens (tertiary/aromatic N) is 5. The molecule has 0 aliphatic rings. The molecule has 0 amide bonds. The molecule has 0 aliphatic carbocycles. The summed E-state index contributed by atoms with van der Waals surface area (Å²) in [6, 6.07) is 0.472. The predicted octanol–water partition coefficient (Wildman–Crippen LogP) is 1.54. The van der Waals surface area contributed by atoms with Gasteiger partial charge in [0.1, 0.15) is 18.5 Å². The van der Waals surface area contributed by atoms with Crippen molar-refractivity contribution < 1.29 is 0 Å². The van der Waals surface area contributed by atoms with E-state index < -0.39 is 0 Å². The summed E-state index contributed by atoms with van der Waals surface area (Å²) in [6.07, 6.45) is 7.62. The Morgan fingerprint density at radius 1 is 1.21 bits per heavy atom. The van der Waals surface area contributed by atoms with Crippen LogP contribution in [0.25, 0.3) is 0 Å². The van der Waals surface area contributed by atoms with Crippen molar-refractivity contribution in [2.45, 2.75) is 39.3 Å². The number of nitrogens with one attached hydrogen (secondary N) is 1. The Balaban J connectivity index is 2.19. The Labute approximate surface area is 113 Å². The van der Waals surface area contributed by atoms with Crippen LogP contribution in [0.4, 0.5) is 0 Å². The third-order valence-electron chi connectivity index (χ3n) is 2.96. The summed E-state index contributed by atoms with van der Waals surface area (Å²) < 4.78 is 1.95. The maximum atomic E-state index is 4.36. The molecule has 0 radical (unpaired) electrons. The molecule has 2 heterocycles. The van der Waals surface area contributed by atoms with Crippen molar-refractivity contribution in [3.8, 4) is 0 Å². The molecular formula is C13H20N6. The number of aromatic nitrogens is 5. The molecular weight excluding hydrogens is 240 g/mol. The minimum Gasteiger partial charge on any atom is -0.310 e. The van der Waals surface area contributed by atoms with Crippen LogP contribution in [0.1, 0.15) is 44.2 Å². The van der Waals surface area contributed by atoms with Crippen LogP contribution < -0.4 is 5.32 Å². The monoisotopic (exact) mass is 260 g/mol. The van der Waals surface area contributed by atoms with E-state index in [1.165, 1.54) is 0 Å². The Kier molecular flexibility index (Phi) is 4.57. The Morgan fingerprint density at radius 2 is 1.95 bits per heavy atom. The van der Waals surface area contributed by atoms with Crippen LogP contribution in [0.3, 0.4) is 0 Å². The third-order valence-corrected chi connectivity index (χ3v) is 2.96. The standard InChI is InChI=1S/C13H20N6/c1-4-16-12(11-6-14-8-15-7-11)5-13-17-9-18-19(13)10(2)3/h6-10,12,16H,4-5H2,1-3H3. The molecule has 0 bridgehead atoms. The van der Waals surface area contributed by atoms with Gasteiger partial charge in [-0.25, -0.2) is 19.6 Å². The van der Waals surface area contributed by atoms with Crippen molar-refractivity contribution in [2.75, 3.05) is 6.54 Å². The van der Waals surface area contributed by atoms with Crippen LogP contribution >= 0.6 is 0 Å². The van der Waals surface area contributed by atoms with Crippen molar-refractivity contribution >= 4 is 0 Å². The lowest BCUT2D eigenvalue weighted by atomic mass is 10.1. The van der Waals surface area contributed by atoms with Gasteiger partial charge in [0.15, 0.2) is 0 Å². The first-order valence-corrected chi connectivity index (χ1v) is 6.59. The van der Waals surface area contributed by atoms with Crippen molar-refractivity contribution in [3.05, 3.63) is 36.4 Å². The molecule has 1 N–H and O–H groups in total. The zero-order valence-electron chi connectivity index (χ0n) is 11.6. The lowest BCUT2D eigenvalue weighted by Crippen LogP contribution is -2.25. The van der Waals surface area contributed by atoms with Crippen LogP contribution in [-0.4, -0.2) is 31.3 Å². The SMILES string of the molecule is CCNC(Cc1ncnn1C(C)C)c1cncnc1. The molecule has 0 fully saturated rings. The van der Waals surface area contributed by atoms with Gasteiger partial charge in [-0.2, -0.15) is 5.10 Å². The average molecular weight is 260 g/mol. The highest BCUT2D eigenvalue weighted by molar-refractivity contribution is 5.11. The average Bonchev–Trinajstić information content (AvgIpc) is 2.88. The Hall–Kier alpha value is -1.82. The molecule has 0 spiro atoms. The highest BCUT2D eigenvalue weighted by Gasteiger charge is 2.16. The molecule has 1 atom stereocenters. The third kappa shape index (κ3) is 3.35. The van der Waals surface area contributed by atoms with Gasteiger partial charge < -0.3 is 5.32 Å². The molecule has 2 rings (SSSR count). The second-order valence-electron chi connectivity index (χ2n) is 4.70. The van der Waals surface area contributed by atoms with E-state index >= 15 is 0 Å². The van der Waals surface area contributed by atoms with Crippen LogP contribution in [-0.2, 0) is 6.42 Å². The molecule has 1 unspecified atom stereocenters. The Bertz CT molecular complexity index is 493. The summed E-state index contributed by atoms with van der Waals surface area (Å²) in [6.45, 7) is 7.18. The lowest BCUT2D eigenvalue weighted by Gasteiger charge is -2.18. The highest BCUT2D eigenvalue weighted by Crippen LogP contribution is 2.17. The van der Waals surface area contributed by atoms with E-state index in [1.807, 2.05) is 17.1 Å². The van der Waals surface area contributed by atoms with Crippen molar-refractivity contribution in [3.63, 3.8) is 0 Å². The zero-order valence-corrected chi connectivity index (χ0v) is 11.6. The van der Waals surface area contributed by atoms with Gasteiger partial charge in [0, 0.05) is 36.5 Å². The molecule has 2 aromatic rings. The van der Waals surface area contributed by atoms with Gasteiger partial charge in [-0.05, 0) is 20.4 Å². The van der Waals surface area contributed by atoms with E-state index in [0.29, 0.717) is 6.04 Å². The number of likely N-dealkylation sites (N-methyl/N-ethyl adjacent to an activating group) is 1. The van der Waals surface area contributed by atoms with Gasteiger partial charge >= 0.3 is 0 Å². The quantitative estimate of drug-likeness (QED) is 0.853. The predicted molar refractivity (Wildman–Crippen MR) is 72.6 cm³/mol. The summed E-state index contributed by atoms with van der Waals surface area (Å²) >= 11 is 0. The van der Waals surface area contributed by atoms with E-state index in [4.69, 9.17) is 0 Å². The van der Waals surface area contributed by atoms with Gasteiger partial charge in [-0.1, -0.05) is 6.92 Å². The summed E-state index contributed by atoms with van der Waals surface area (Å²) in [5, 5.41) is 7.71. The summed E-state index contributed by atoms with van der Waals surface area (Å²) in [4.78, 5) is 12.5. The second-order valence-corrected chi connectivity index (χ2v) is 4.70. The normalized spacial score (nSPS) is 12.8. The molecule has 0 saturated heterocycles. The van der Waals surface area contributed by atoms with Crippen molar-refractivity contribution in [2.24, 2.45) is 0 Å². The fraction of sp³-hybridized carbons (Fsp3) is 0.538. The van der Waals surface area contributed by atoms with Gasteiger partial charge in [-0.15, -0.1) is 0 Å². The molecule has 6 nitrogen and oxygen atoms in total. The van der Waals surface area contributed by atoms with Crippen molar-refractivity contribution in [1.82, 2.24) is 30.0 Å². The smallest absolute Gasteiger partial charge is 0.138 e.